The van der Waals surface area contributed by atoms with Gasteiger partial charge in [0.05, 0.1) is 5.56 Å². The average Bonchev–Trinajstić information content (AvgIpc) is 2.46. The number of hydrogen-bond donors (Lipinski definition) is 2. The summed E-state index contributed by atoms with van der Waals surface area (Å²) in [6.07, 6.45) is 0. The summed E-state index contributed by atoms with van der Waals surface area (Å²) in [5.74, 6) is -2.50. The SMILES string of the molecule is CC(=O)c1ccc(C(=O)c2cccc(C(=O)O)c2O)cc1. The van der Waals surface area contributed by atoms with E-state index in [2.05, 4.69) is 0 Å². The van der Waals surface area contributed by atoms with Gasteiger partial charge in [0.15, 0.2) is 11.6 Å². The van der Waals surface area contributed by atoms with Gasteiger partial charge in [-0.25, -0.2) is 4.79 Å². The molecule has 0 aromatic heterocycles. The van der Waals surface area contributed by atoms with E-state index in [1.165, 1.54) is 49.4 Å². The van der Waals surface area contributed by atoms with Gasteiger partial charge in [0.25, 0.3) is 0 Å². The van der Waals surface area contributed by atoms with Crippen LogP contribution in [0.15, 0.2) is 42.5 Å². The molecule has 0 heterocycles. The van der Waals surface area contributed by atoms with E-state index in [9.17, 15) is 19.5 Å². The summed E-state index contributed by atoms with van der Waals surface area (Å²) >= 11 is 0. The number of carbonyl (C=O) groups excluding carboxylic acids is 2. The summed E-state index contributed by atoms with van der Waals surface area (Å²) in [5.41, 5.74) is 0.305. The average molecular weight is 284 g/mol. The smallest absolute Gasteiger partial charge is 0.339 e. The monoisotopic (exact) mass is 284 g/mol. The maximum absolute atomic E-state index is 12.3. The van der Waals surface area contributed by atoms with Crippen molar-refractivity contribution in [3.05, 3.63) is 64.7 Å². The van der Waals surface area contributed by atoms with E-state index >= 15 is 0 Å². The zero-order valence-electron chi connectivity index (χ0n) is 11.2. The molecule has 5 heteroatoms. The number of aromatic hydroxyl groups is 1. The minimum absolute atomic E-state index is 0.0922. The van der Waals surface area contributed by atoms with Crippen molar-refractivity contribution in [3.8, 4) is 5.75 Å². The number of carbonyl (C=O) groups is 3. The first-order valence-corrected chi connectivity index (χ1v) is 6.12. The molecular weight excluding hydrogens is 272 g/mol. The highest BCUT2D eigenvalue weighted by Crippen LogP contribution is 2.25. The van der Waals surface area contributed by atoms with Crippen molar-refractivity contribution in [3.63, 3.8) is 0 Å². The maximum atomic E-state index is 12.3. The predicted molar refractivity (Wildman–Crippen MR) is 74.9 cm³/mol. The number of aromatic carboxylic acids is 1. The van der Waals surface area contributed by atoms with Crippen LogP contribution >= 0.6 is 0 Å². The molecule has 0 saturated carbocycles. The minimum atomic E-state index is -1.31. The van der Waals surface area contributed by atoms with E-state index in [0.29, 0.717) is 5.56 Å². The van der Waals surface area contributed by atoms with Gasteiger partial charge in [-0.05, 0) is 19.1 Å². The highest BCUT2D eigenvalue weighted by molar-refractivity contribution is 6.12. The first-order valence-electron chi connectivity index (χ1n) is 6.12. The zero-order valence-corrected chi connectivity index (χ0v) is 11.2. The molecular formula is C16H12O5. The molecule has 0 amide bonds. The highest BCUT2D eigenvalue weighted by atomic mass is 16.4. The number of ketones is 2. The molecule has 106 valence electrons. The van der Waals surface area contributed by atoms with E-state index in [1.54, 1.807) is 0 Å². The minimum Gasteiger partial charge on any atom is -0.506 e. The third kappa shape index (κ3) is 2.81. The number of para-hydroxylation sites is 1. The van der Waals surface area contributed by atoms with E-state index in [1.807, 2.05) is 0 Å². The first kappa shape index (κ1) is 14.5. The zero-order chi connectivity index (χ0) is 15.6. The lowest BCUT2D eigenvalue weighted by Gasteiger charge is -2.07. The van der Waals surface area contributed by atoms with Crippen LogP contribution in [0, 0.1) is 0 Å². The molecule has 5 nitrogen and oxygen atoms in total. The number of phenols is 1. The van der Waals surface area contributed by atoms with Gasteiger partial charge < -0.3 is 10.2 Å². The predicted octanol–water partition coefficient (Wildman–Crippen LogP) is 2.52. The molecule has 0 unspecified atom stereocenters. The van der Waals surface area contributed by atoms with Crippen molar-refractivity contribution >= 4 is 17.5 Å². The Balaban J connectivity index is 2.43. The van der Waals surface area contributed by atoms with Gasteiger partial charge >= 0.3 is 5.97 Å². The van der Waals surface area contributed by atoms with Crippen LogP contribution in [-0.4, -0.2) is 27.7 Å². The fraction of sp³-hybridized carbons (Fsp3) is 0.0625. The van der Waals surface area contributed by atoms with Crippen LogP contribution in [0.2, 0.25) is 0 Å². The van der Waals surface area contributed by atoms with Gasteiger partial charge in [0.2, 0.25) is 0 Å². The van der Waals surface area contributed by atoms with Gasteiger partial charge in [-0.1, -0.05) is 30.3 Å². The largest absolute Gasteiger partial charge is 0.506 e. The second-order valence-electron chi connectivity index (χ2n) is 4.47. The molecule has 0 fully saturated rings. The summed E-state index contributed by atoms with van der Waals surface area (Å²) in [4.78, 5) is 34.4. The normalized spacial score (nSPS) is 10.1. The molecule has 2 aromatic rings. The van der Waals surface area contributed by atoms with Crippen molar-refractivity contribution in [2.75, 3.05) is 0 Å². The summed E-state index contributed by atoms with van der Waals surface area (Å²) < 4.78 is 0. The van der Waals surface area contributed by atoms with Crippen LogP contribution in [0.4, 0.5) is 0 Å². The molecule has 0 spiro atoms. The van der Waals surface area contributed by atoms with E-state index in [-0.39, 0.29) is 22.5 Å². The standard InChI is InChI=1S/C16H12O5/c1-9(17)10-5-7-11(8-6-10)14(18)12-3-2-4-13(15(12)19)16(20)21/h2-8,19H,1H3,(H,20,21). The molecule has 2 rings (SSSR count). The number of Topliss-reactive ketones (excluding diaryl/α,β-unsaturated/α-hetero) is 1. The van der Waals surface area contributed by atoms with Crippen LogP contribution in [0.3, 0.4) is 0 Å². The fourth-order valence-electron chi connectivity index (χ4n) is 1.91. The van der Waals surface area contributed by atoms with Gasteiger partial charge in [-0.15, -0.1) is 0 Å². The topological polar surface area (TPSA) is 91.7 Å². The Morgan fingerprint density at radius 3 is 1.90 bits per heavy atom. The van der Waals surface area contributed by atoms with Crippen molar-refractivity contribution in [1.82, 2.24) is 0 Å². The first-order chi connectivity index (χ1) is 9.91. The van der Waals surface area contributed by atoms with E-state index in [0.717, 1.165) is 0 Å². The number of benzene rings is 2. The van der Waals surface area contributed by atoms with Crippen LogP contribution in [-0.2, 0) is 0 Å². The molecule has 2 N–H and O–H groups in total. The van der Waals surface area contributed by atoms with Crippen LogP contribution in [0.1, 0.15) is 43.6 Å². The maximum Gasteiger partial charge on any atom is 0.339 e. The van der Waals surface area contributed by atoms with Gasteiger partial charge in [-0.3, -0.25) is 9.59 Å². The van der Waals surface area contributed by atoms with Gasteiger partial charge in [-0.2, -0.15) is 0 Å². The summed E-state index contributed by atoms with van der Waals surface area (Å²) in [6.45, 7) is 1.42. The van der Waals surface area contributed by atoms with Crippen molar-refractivity contribution in [2.24, 2.45) is 0 Å². The van der Waals surface area contributed by atoms with E-state index < -0.39 is 17.5 Å². The fourth-order valence-corrected chi connectivity index (χ4v) is 1.91. The lowest BCUT2D eigenvalue weighted by Crippen LogP contribution is -2.06. The Morgan fingerprint density at radius 2 is 1.38 bits per heavy atom. The van der Waals surface area contributed by atoms with Crippen molar-refractivity contribution in [1.29, 1.82) is 0 Å². The lowest BCUT2D eigenvalue weighted by molar-refractivity contribution is 0.0693. The third-order valence-corrected chi connectivity index (χ3v) is 3.06. The van der Waals surface area contributed by atoms with Crippen LogP contribution in [0.5, 0.6) is 5.75 Å². The molecule has 0 aliphatic rings. The van der Waals surface area contributed by atoms with E-state index in [4.69, 9.17) is 5.11 Å². The Hall–Kier alpha value is -2.95. The summed E-state index contributed by atoms with van der Waals surface area (Å²) in [6, 6.07) is 9.90. The summed E-state index contributed by atoms with van der Waals surface area (Å²) in [5, 5.41) is 18.8. The number of hydrogen-bond acceptors (Lipinski definition) is 4. The second-order valence-corrected chi connectivity index (χ2v) is 4.47. The molecule has 0 atom stereocenters. The van der Waals surface area contributed by atoms with Crippen LogP contribution in [0.25, 0.3) is 0 Å². The Labute approximate surface area is 120 Å². The molecule has 0 aliphatic heterocycles. The molecule has 0 bridgehead atoms. The van der Waals surface area contributed by atoms with Gasteiger partial charge in [0, 0.05) is 11.1 Å². The van der Waals surface area contributed by atoms with Gasteiger partial charge in [0.1, 0.15) is 11.3 Å². The second kappa shape index (κ2) is 5.58. The molecule has 0 aliphatic carbocycles. The highest BCUT2D eigenvalue weighted by Gasteiger charge is 2.19. The molecule has 2 aromatic carbocycles. The van der Waals surface area contributed by atoms with Crippen molar-refractivity contribution < 1.29 is 24.6 Å². The Bertz CT molecular complexity index is 729. The quantitative estimate of drug-likeness (QED) is 0.842. The Morgan fingerprint density at radius 1 is 0.857 bits per heavy atom. The lowest BCUT2D eigenvalue weighted by atomic mass is 9.98. The summed E-state index contributed by atoms with van der Waals surface area (Å²) in [7, 11) is 0. The molecule has 0 saturated heterocycles. The number of carboxylic acids is 1. The molecule has 21 heavy (non-hydrogen) atoms. The van der Waals surface area contributed by atoms with Crippen molar-refractivity contribution in [2.45, 2.75) is 6.92 Å². The number of carboxylic acid groups (broad SMARTS) is 1. The Kier molecular flexibility index (Phi) is 3.84. The van der Waals surface area contributed by atoms with Crippen LogP contribution < -0.4 is 0 Å². The molecule has 0 radical (unpaired) electrons. The third-order valence-electron chi connectivity index (χ3n) is 3.06. The number of rotatable bonds is 4.